The molecule has 2 aliphatic heterocycles. The summed E-state index contributed by atoms with van der Waals surface area (Å²) in [5.41, 5.74) is 2.46. The number of ether oxygens (including phenoxy) is 2. The first-order chi connectivity index (χ1) is 15.0. The third-order valence-electron chi connectivity index (χ3n) is 5.99. The van der Waals surface area contributed by atoms with Gasteiger partial charge in [0.2, 0.25) is 0 Å². The lowest BCUT2D eigenvalue weighted by Crippen LogP contribution is -2.39. The first-order valence-corrected chi connectivity index (χ1v) is 10.6. The normalized spacial score (nSPS) is 19.3. The summed E-state index contributed by atoms with van der Waals surface area (Å²) in [6.45, 7) is 3.94. The molecule has 6 nitrogen and oxygen atoms in total. The van der Waals surface area contributed by atoms with Gasteiger partial charge < -0.3 is 14.4 Å². The molecule has 31 heavy (non-hydrogen) atoms. The summed E-state index contributed by atoms with van der Waals surface area (Å²) in [5.74, 6) is 1.28. The van der Waals surface area contributed by atoms with Crippen molar-refractivity contribution in [1.82, 2.24) is 9.80 Å². The Bertz CT molecular complexity index is 1010. The molecule has 2 aliphatic rings. The Morgan fingerprint density at radius 2 is 1.71 bits per heavy atom. The van der Waals surface area contributed by atoms with Crippen molar-refractivity contribution in [2.75, 3.05) is 27.3 Å². The molecule has 0 spiro atoms. The van der Waals surface area contributed by atoms with Crippen molar-refractivity contribution >= 4 is 17.4 Å². The van der Waals surface area contributed by atoms with Gasteiger partial charge in [0.15, 0.2) is 0 Å². The van der Waals surface area contributed by atoms with Gasteiger partial charge in [0.05, 0.1) is 26.3 Å². The number of methoxy groups -OCH3 is 2. The van der Waals surface area contributed by atoms with E-state index in [0.29, 0.717) is 28.5 Å². The number of amides is 2. The molecule has 2 aromatic rings. The second kappa shape index (κ2) is 8.84. The molecular weight excluding hydrogens is 392 g/mol. The second-order valence-corrected chi connectivity index (χ2v) is 8.16. The van der Waals surface area contributed by atoms with Crippen LogP contribution in [-0.2, 0) is 16.1 Å². The minimum absolute atomic E-state index is 0.215. The molecule has 2 amide bonds. The molecule has 162 valence electrons. The topological polar surface area (TPSA) is 59.1 Å². The molecule has 4 rings (SSSR count). The van der Waals surface area contributed by atoms with E-state index in [1.54, 1.807) is 14.2 Å². The van der Waals surface area contributed by atoms with Crippen molar-refractivity contribution < 1.29 is 19.1 Å². The van der Waals surface area contributed by atoms with E-state index in [0.717, 1.165) is 37.2 Å². The maximum absolute atomic E-state index is 13.6. The molecule has 2 heterocycles. The Hall–Kier alpha value is -3.28. The largest absolute Gasteiger partial charge is 0.497 e. The molecule has 0 aromatic heterocycles. The minimum atomic E-state index is -0.279. The zero-order valence-electron chi connectivity index (χ0n) is 18.3. The standard InChI is InChI=1S/C25H28N2O4/c1-17-7-6-14-26(15-17)23-22(20-8-4-5-9-21(20)31-3)24(28)27(25(23)29)16-18-10-12-19(30-2)13-11-18/h4-5,8-13,17H,6-7,14-16H2,1-3H3. The van der Waals surface area contributed by atoms with Gasteiger partial charge >= 0.3 is 0 Å². The fraction of sp³-hybridized carbons (Fsp3) is 0.360. The SMILES string of the molecule is COc1ccc(CN2C(=O)C(c3ccccc3OC)=C(N3CCCC(C)C3)C2=O)cc1. The van der Waals surface area contributed by atoms with Gasteiger partial charge in [-0.2, -0.15) is 0 Å². The maximum Gasteiger partial charge on any atom is 0.278 e. The lowest BCUT2D eigenvalue weighted by atomic mass is 9.97. The fourth-order valence-corrected chi connectivity index (χ4v) is 4.40. The summed E-state index contributed by atoms with van der Waals surface area (Å²) in [6.07, 6.45) is 2.13. The Kier molecular flexibility index (Phi) is 5.98. The quantitative estimate of drug-likeness (QED) is 0.667. The van der Waals surface area contributed by atoms with Crippen molar-refractivity contribution in [3.05, 3.63) is 65.4 Å². The summed E-state index contributed by atoms with van der Waals surface area (Å²) >= 11 is 0. The van der Waals surface area contributed by atoms with Gasteiger partial charge in [0.1, 0.15) is 17.2 Å². The van der Waals surface area contributed by atoms with Crippen molar-refractivity contribution in [3.8, 4) is 11.5 Å². The predicted octanol–water partition coefficient (Wildman–Crippen LogP) is 3.72. The zero-order chi connectivity index (χ0) is 22.0. The third kappa shape index (κ3) is 4.02. The van der Waals surface area contributed by atoms with Gasteiger partial charge in [-0.1, -0.05) is 37.3 Å². The number of likely N-dealkylation sites (tertiary alicyclic amines) is 1. The van der Waals surface area contributed by atoms with Crippen LogP contribution in [0, 0.1) is 5.92 Å². The monoisotopic (exact) mass is 420 g/mol. The molecule has 1 fully saturated rings. The Labute approximate surface area is 183 Å². The van der Waals surface area contributed by atoms with Gasteiger partial charge in [0, 0.05) is 18.7 Å². The molecule has 0 bridgehead atoms. The first kappa shape index (κ1) is 21.0. The van der Waals surface area contributed by atoms with Crippen molar-refractivity contribution in [2.24, 2.45) is 5.92 Å². The number of benzene rings is 2. The summed E-state index contributed by atoms with van der Waals surface area (Å²) in [4.78, 5) is 30.6. The number of hydrogen-bond acceptors (Lipinski definition) is 5. The Morgan fingerprint density at radius 1 is 0.968 bits per heavy atom. The highest BCUT2D eigenvalue weighted by Crippen LogP contribution is 2.38. The highest BCUT2D eigenvalue weighted by atomic mass is 16.5. The van der Waals surface area contributed by atoms with Gasteiger partial charge in [-0.15, -0.1) is 0 Å². The lowest BCUT2D eigenvalue weighted by molar-refractivity contribution is -0.138. The smallest absolute Gasteiger partial charge is 0.278 e. The van der Waals surface area contributed by atoms with Crippen LogP contribution in [0.2, 0.25) is 0 Å². The number of carbonyl (C=O) groups is 2. The van der Waals surface area contributed by atoms with Gasteiger partial charge in [-0.25, -0.2) is 0 Å². The van der Waals surface area contributed by atoms with Crippen LogP contribution >= 0.6 is 0 Å². The molecule has 0 radical (unpaired) electrons. The van der Waals surface area contributed by atoms with Crippen LogP contribution in [0.15, 0.2) is 54.2 Å². The average molecular weight is 421 g/mol. The van der Waals surface area contributed by atoms with E-state index in [1.807, 2.05) is 48.5 Å². The zero-order valence-corrected chi connectivity index (χ0v) is 18.3. The number of rotatable bonds is 6. The van der Waals surface area contributed by atoms with Crippen LogP contribution in [0.1, 0.15) is 30.9 Å². The average Bonchev–Trinajstić information content (AvgIpc) is 3.04. The second-order valence-electron chi connectivity index (χ2n) is 8.16. The van der Waals surface area contributed by atoms with Gasteiger partial charge in [0.25, 0.3) is 11.8 Å². The van der Waals surface area contributed by atoms with Crippen LogP contribution < -0.4 is 9.47 Å². The first-order valence-electron chi connectivity index (χ1n) is 10.6. The lowest BCUT2D eigenvalue weighted by Gasteiger charge is -2.33. The Morgan fingerprint density at radius 3 is 2.39 bits per heavy atom. The van der Waals surface area contributed by atoms with Crippen molar-refractivity contribution in [2.45, 2.75) is 26.3 Å². The number of hydrogen-bond donors (Lipinski definition) is 0. The maximum atomic E-state index is 13.6. The van der Waals surface area contributed by atoms with E-state index in [4.69, 9.17) is 9.47 Å². The predicted molar refractivity (Wildman–Crippen MR) is 118 cm³/mol. The third-order valence-corrected chi connectivity index (χ3v) is 5.99. The number of imide groups is 1. The molecule has 1 unspecified atom stereocenters. The van der Waals surface area contributed by atoms with E-state index in [2.05, 4.69) is 11.8 Å². The molecule has 0 saturated carbocycles. The number of nitrogens with zero attached hydrogens (tertiary/aromatic N) is 2. The van der Waals surface area contributed by atoms with Crippen LogP contribution in [-0.4, -0.2) is 48.9 Å². The van der Waals surface area contributed by atoms with Crippen LogP contribution in [0.3, 0.4) is 0 Å². The highest BCUT2D eigenvalue weighted by molar-refractivity contribution is 6.35. The van der Waals surface area contributed by atoms with E-state index >= 15 is 0 Å². The Balaban J connectivity index is 1.74. The molecular formula is C25H28N2O4. The summed E-state index contributed by atoms with van der Waals surface area (Å²) < 4.78 is 10.7. The van der Waals surface area contributed by atoms with Gasteiger partial charge in [-0.3, -0.25) is 14.5 Å². The number of piperidine rings is 1. The van der Waals surface area contributed by atoms with E-state index in [9.17, 15) is 9.59 Å². The molecule has 6 heteroatoms. The molecule has 1 saturated heterocycles. The van der Waals surface area contributed by atoms with E-state index in [-0.39, 0.29) is 18.4 Å². The highest BCUT2D eigenvalue weighted by Gasteiger charge is 2.43. The van der Waals surface area contributed by atoms with Crippen LogP contribution in [0.25, 0.3) is 5.57 Å². The molecule has 0 aliphatic carbocycles. The summed E-state index contributed by atoms with van der Waals surface area (Å²) in [7, 11) is 3.19. The van der Waals surface area contributed by atoms with Crippen LogP contribution in [0.4, 0.5) is 0 Å². The van der Waals surface area contributed by atoms with E-state index < -0.39 is 0 Å². The van der Waals surface area contributed by atoms with Crippen LogP contribution in [0.5, 0.6) is 11.5 Å². The van der Waals surface area contributed by atoms with Crippen molar-refractivity contribution in [1.29, 1.82) is 0 Å². The van der Waals surface area contributed by atoms with Crippen molar-refractivity contribution in [3.63, 3.8) is 0 Å². The number of para-hydroxylation sites is 1. The summed E-state index contributed by atoms with van der Waals surface area (Å²) in [6, 6.07) is 14.8. The molecule has 0 N–H and O–H groups in total. The minimum Gasteiger partial charge on any atom is -0.497 e. The molecule has 2 aromatic carbocycles. The fourth-order valence-electron chi connectivity index (χ4n) is 4.40. The van der Waals surface area contributed by atoms with Gasteiger partial charge in [-0.05, 0) is 42.5 Å². The summed E-state index contributed by atoms with van der Waals surface area (Å²) in [5, 5.41) is 0. The van der Waals surface area contributed by atoms with E-state index in [1.165, 1.54) is 4.90 Å². The molecule has 1 atom stereocenters. The number of carbonyl (C=O) groups excluding carboxylic acids is 2.